The first-order valence-corrected chi connectivity index (χ1v) is 7.50. The van der Waals surface area contributed by atoms with E-state index in [1.54, 1.807) is 23.1 Å². The summed E-state index contributed by atoms with van der Waals surface area (Å²) in [5.74, 6) is -0.195. The number of carbonyl (C=O) groups is 1. The molecule has 130 valence electrons. The topological polar surface area (TPSA) is 72.7 Å². The van der Waals surface area contributed by atoms with E-state index in [2.05, 4.69) is 20.4 Å². The van der Waals surface area contributed by atoms with Gasteiger partial charge in [0.25, 0.3) is 0 Å². The molecule has 1 N–H and O–H groups in total. The van der Waals surface area contributed by atoms with E-state index in [1.807, 2.05) is 6.92 Å². The highest BCUT2D eigenvalue weighted by atomic mass is 19.4. The van der Waals surface area contributed by atoms with Crippen molar-refractivity contribution in [1.29, 1.82) is 0 Å². The van der Waals surface area contributed by atoms with Crippen molar-refractivity contribution in [3.8, 4) is 0 Å². The molecule has 9 heteroatoms. The lowest BCUT2D eigenvalue weighted by Crippen LogP contribution is -2.34. The minimum absolute atomic E-state index is 0.0507. The zero-order valence-corrected chi connectivity index (χ0v) is 13.3. The van der Waals surface area contributed by atoms with Gasteiger partial charge in [-0.15, -0.1) is 0 Å². The van der Waals surface area contributed by atoms with Crippen LogP contribution in [0.3, 0.4) is 0 Å². The molecule has 0 fully saturated rings. The summed E-state index contributed by atoms with van der Waals surface area (Å²) in [6.07, 6.45) is -0.583. The fourth-order valence-corrected chi connectivity index (χ4v) is 2.26. The summed E-state index contributed by atoms with van der Waals surface area (Å²) < 4.78 is 39.8. The Balaban J connectivity index is 1.96. The Morgan fingerprint density at radius 1 is 1.38 bits per heavy atom. The summed E-state index contributed by atoms with van der Waals surface area (Å²) in [5, 5.41) is 6.72. The summed E-state index contributed by atoms with van der Waals surface area (Å²) in [7, 11) is 0. The number of amides is 1. The van der Waals surface area contributed by atoms with Gasteiger partial charge in [-0.25, -0.2) is 9.97 Å². The Labute approximate surface area is 137 Å². The van der Waals surface area contributed by atoms with Gasteiger partial charge in [-0.05, 0) is 25.5 Å². The Hall–Kier alpha value is -2.45. The molecule has 0 unspecified atom stereocenters. The van der Waals surface area contributed by atoms with Crippen molar-refractivity contribution in [3.63, 3.8) is 0 Å². The van der Waals surface area contributed by atoms with Crippen LogP contribution in [0.25, 0.3) is 0 Å². The number of hydrogen-bond donors (Lipinski definition) is 1. The molecule has 2 aromatic heterocycles. The van der Waals surface area contributed by atoms with E-state index in [0.29, 0.717) is 6.42 Å². The fourth-order valence-electron chi connectivity index (χ4n) is 2.26. The molecular weight excluding hydrogens is 323 g/mol. The molecule has 0 aromatic carbocycles. The first kappa shape index (κ1) is 17.9. The SMILES string of the molecule is CC[C@@H](C(=O)NCCc1nc(C)cc(C(F)(F)F)n1)n1cccn1. The molecule has 1 atom stereocenters. The van der Waals surface area contributed by atoms with E-state index < -0.39 is 17.9 Å². The van der Waals surface area contributed by atoms with Crippen molar-refractivity contribution in [2.24, 2.45) is 0 Å². The Morgan fingerprint density at radius 3 is 2.71 bits per heavy atom. The number of hydrogen-bond acceptors (Lipinski definition) is 4. The normalized spacial score (nSPS) is 12.9. The molecular formula is C15H18F3N5O. The van der Waals surface area contributed by atoms with Gasteiger partial charge in [-0.1, -0.05) is 6.92 Å². The number of rotatable bonds is 6. The number of nitrogens with zero attached hydrogens (tertiary/aromatic N) is 4. The van der Waals surface area contributed by atoms with Crippen molar-refractivity contribution in [2.45, 2.75) is 38.9 Å². The molecule has 2 heterocycles. The van der Waals surface area contributed by atoms with Crippen LogP contribution in [-0.2, 0) is 17.4 Å². The van der Waals surface area contributed by atoms with Gasteiger partial charge in [0.1, 0.15) is 17.6 Å². The fraction of sp³-hybridized carbons (Fsp3) is 0.467. The summed E-state index contributed by atoms with van der Waals surface area (Å²) in [6.45, 7) is 3.48. The van der Waals surface area contributed by atoms with Crippen molar-refractivity contribution in [3.05, 3.63) is 41.7 Å². The summed E-state index contributed by atoms with van der Waals surface area (Å²) >= 11 is 0. The van der Waals surface area contributed by atoms with E-state index in [-0.39, 0.29) is 30.4 Å². The molecule has 0 aliphatic carbocycles. The lowest BCUT2D eigenvalue weighted by atomic mass is 10.2. The second-order valence-electron chi connectivity index (χ2n) is 5.26. The highest BCUT2D eigenvalue weighted by Gasteiger charge is 2.33. The van der Waals surface area contributed by atoms with Gasteiger partial charge in [0.05, 0.1) is 0 Å². The maximum Gasteiger partial charge on any atom is 0.433 e. The molecule has 1 amide bonds. The number of aryl methyl sites for hydroxylation is 1. The molecule has 2 rings (SSSR count). The number of alkyl halides is 3. The van der Waals surface area contributed by atoms with Crippen LogP contribution in [0.1, 0.15) is 36.6 Å². The molecule has 2 aromatic rings. The average Bonchev–Trinajstić information content (AvgIpc) is 3.00. The predicted octanol–water partition coefficient (Wildman–Crippen LogP) is 2.31. The van der Waals surface area contributed by atoms with Crippen LogP contribution in [0.2, 0.25) is 0 Å². The van der Waals surface area contributed by atoms with Crippen LogP contribution in [0, 0.1) is 6.92 Å². The molecule has 0 aliphatic rings. The van der Waals surface area contributed by atoms with Crippen LogP contribution in [0.4, 0.5) is 13.2 Å². The molecule has 0 saturated heterocycles. The first-order valence-electron chi connectivity index (χ1n) is 7.50. The highest BCUT2D eigenvalue weighted by Crippen LogP contribution is 2.27. The third kappa shape index (κ3) is 4.53. The molecule has 0 radical (unpaired) electrons. The van der Waals surface area contributed by atoms with Crippen LogP contribution >= 0.6 is 0 Å². The summed E-state index contributed by atoms with van der Waals surface area (Å²) in [4.78, 5) is 19.7. The third-order valence-electron chi connectivity index (χ3n) is 3.37. The third-order valence-corrected chi connectivity index (χ3v) is 3.37. The van der Waals surface area contributed by atoms with Crippen LogP contribution < -0.4 is 5.32 Å². The average molecular weight is 341 g/mol. The van der Waals surface area contributed by atoms with Gasteiger partial charge >= 0.3 is 6.18 Å². The smallest absolute Gasteiger partial charge is 0.354 e. The number of carbonyl (C=O) groups excluding carboxylic acids is 1. The van der Waals surface area contributed by atoms with Crippen molar-refractivity contribution < 1.29 is 18.0 Å². The number of nitrogens with one attached hydrogen (secondary N) is 1. The molecule has 0 saturated carbocycles. The Kier molecular flexibility index (Phi) is 5.53. The Bertz CT molecular complexity index is 685. The second kappa shape index (κ2) is 7.41. The van der Waals surface area contributed by atoms with Gasteiger partial charge in [0.15, 0.2) is 0 Å². The largest absolute Gasteiger partial charge is 0.433 e. The lowest BCUT2D eigenvalue weighted by molar-refractivity contribution is -0.141. The quantitative estimate of drug-likeness (QED) is 0.875. The van der Waals surface area contributed by atoms with Crippen LogP contribution in [-0.4, -0.2) is 32.2 Å². The van der Waals surface area contributed by atoms with Crippen LogP contribution in [0.5, 0.6) is 0 Å². The molecule has 6 nitrogen and oxygen atoms in total. The van der Waals surface area contributed by atoms with Gasteiger partial charge in [-0.3, -0.25) is 9.48 Å². The second-order valence-corrected chi connectivity index (χ2v) is 5.26. The van der Waals surface area contributed by atoms with Gasteiger partial charge in [0.2, 0.25) is 5.91 Å². The van der Waals surface area contributed by atoms with Gasteiger partial charge in [0, 0.05) is 31.1 Å². The molecule has 0 bridgehead atoms. The number of aromatic nitrogens is 4. The zero-order chi connectivity index (χ0) is 17.7. The minimum atomic E-state index is -4.51. The molecule has 0 spiro atoms. The maximum atomic E-state index is 12.7. The predicted molar refractivity (Wildman–Crippen MR) is 80.0 cm³/mol. The van der Waals surface area contributed by atoms with Crippen molar-refractivity contribution in [2.75, 3.05) is 6.54 Å². The van der Waals surface area contributed by atoms with Gasteiger partial charge < -0.3 is 5.32 Å². The maximum absolute atomic E-state index is 12.7. The number of halogens is 3. The Morgan fingerprint density at radius 2 is 2.12 bits per heavy atom. The van der Waals surface area contributed by atoms with E-state index in [9.17, 15) is 18.0 Å². The molecule has 24 heavy (non-hydrogen) atoms. The van der Waals surface area contributed by atoms with Crippen LogP contribution in [0.15, 0.2) is 24.5 Å². The van der Waals surface area contributed by atoms with E-state index in [4.69, 9.17) is 0 Å². The first-order chi connectivity index (χ1) is 11.3. The van der Waals surface area contributed by atoms with E-state index in [1.165, 1.54) is 6.92 Å². The summed E-state index contributed by atoms with van der Waals surface area (Å²) in [6, 6.07) is 2.16. The van der Waals surface area contributed by atoms with E-state index in [0.717, 1.165) is 6.07 Å². The van der Waals surface area contributed by atoms with E-state index >= 15 is 0 Å². The lowest BCUT2D eigenvalue weighted by Gasteiger charge is -2.15. The highest BCUT2D eigenvalue weighted by molar-refractivity contribution is 5.80. The summed E-state index contributed by atoms with van der Waals surface area (Å²) in [5.41, 5.74) is -0.735. The van der Waals surface area contributed by atoms with Crippen molar-refractivity contribution >= 4 is 5.91 Å². The zero-order valence-electron chi connectivity index (χ0n) is 13.3. The molecule has 0 aliphatic heterocycles. The standard InChI is InChI=1S/C15H18F3N5O/c1-3-11(23-8-4-6-20-23)14(24)19-7-5-13-21-10(2)9-12(22-13)15(16,17)18/h4,6,8-9,11H,3,5,7H2,1-2H3,(H,19,24)/t11-/m0/s1. The van der Waals surface area contributed by atoms with Gasteiger partial charge in [-0.2, -0.15) is 18.3 Å². The minimum Gasteiger partial charge on any atom is -0.354 e. The monoisotopic (exact) mass is 341 g/mol. The van der Waals surface area contributed by atoms with Crippen molar-refractivity contribution in [1.82, 2.24) is 25.1 Å².